The van der Waals surface area contributed by atoms with E-state index in [-0.39, 0.29) is 0 Å². The highest BCUT2D eigenvalue weighted by Gasteiger charge is 2.28. The quantitative estimate of drug-likeness (QED) is 0.586. The van der Waals surface area contributed by atoms with Gasteiger partial charge in [0.05, 0.1) is 0 Å². The van der Waals surface area contributed by atoms with Crippen LogP contribution in [0.15, 0.2) is 18.5 Å². The maximum Gasteiger partial charge on any atom is 0.150 e. The summed E-state index contributed by atoms with van der Waals surface area (Å²) in [6.07, 6.45) is 4.67. The van der Waals surface area contributed by atoms with Crippen LogP contribution in [-0.4, -0.2) is 28.5 Å². The molecule has 1 aromatic heterocycles. The number of hydrogen-bond donors (Lipinski definition) is 0. The van der Waals surface area contributed by atoms with Crippen LogP contribution < -0.4 is 0 Å². The van der Waals surface area contributed by atoms with Crippen molar-refractivity contribution in [1.82, 2.24) is 14.9 Å². The molecule has 1 aliphatic rings. The van der Waals surface area contributed by atoms with Crippen molar-refractivity contribution in [2.75, 3.05) is 13.6 Å². The van der Waals surface area contributed by atoms with Crippen molar-refractivity contribution in [1.29, 1.82) is 0 Å². The molecule has 2 rings (SSSR count). The van der Waals surface area contributed by atoms with Crippen molar-refractivity contribution < 1.29 is 0 Å². The second-order valence-electron chi connectivity index (χ2n) is 2.69. The Hall–Kier alpha value is -0.960. The number of likely N-dealkylation sites (tertiary alicyclic amines) is 1. The molecular formula is C8H10N3. The van der Waals surface area contributed by atoms with Crippen LogP contribution >= 0.6 is 0 Å². The van der Waals surface area contributed by atoms with E-state index >= 15 is 0 Å². The molecule has 0 bridgehead atoms. The molecule has 0 N–H and O–H groups in total. The molecule has 1 aliphatic heterocycles. The molecule has 57 valence electrons. The molecule has 3 heteroatoms. The molecule has 1 radical (unpaired) electrons. The van der Waals surface area contributed by atoms with Gasteiger partial charge in [-0.2, -0.15) is 0 Å². The lowest BCUT2D eigenvalue weighted by Crippen LogP contribution is -2.39. The zero-order valence-electron chi connectivity index (χ0n) is 6.49. The molecule has 0 spiro atoms. The summed E-state index contributed by atoms with van der Waals surface area (Å²) < 4.78 is 0. The first-order valence-corrected chi connectivity index (χ1v) is 3.72. The van der Waals surface area contributed by atoms with E-state index in [0.29, 0.717) is 0 Å². The highest BCUT2D eigenvalue weighted by atomic mass is 15.2. The van der Waals surface area contributed by atoms with Crippen LogP contribution in [0.5, 0.6) is 0 Å². The SMILES string of the molecule is CN1CC[C]1c1ncccn1. The molecule has 11 heavy (non-hydrogen) atoms. The van der Waals surface area contributed by atoms with Gasteiger partial charge in [0.15, 0.2) is 5.82 Å². The Kier molecular flexibility index (Phi) is 1.58. The van der Waals surface area contributed by atoms with Gasteiger partial charge in [-0.25, -0.2) is 9.97 Å². The number of rotatable bonds is 1. The first kappa shape index (κ1) is 6.73. The largest absolute Gasteiger partial charge is 0.292 e. The van der Waals surface area contributed by atoms with Crippen molar-refractivity contribution in [3.8, 4) is 0 Å². The standard InChI is InChI=1S/C8H10N3/c1-11-6-3-7(11)8-9-4-2-5-10-8/h2,4-5H,3,6H2,1H3. The Morgan fingerprint density at radius 1 is 1.36 bits per heavy atom. The van der Waals surface area contributed by atoms with Crippen LogP contribution in [0.1, 0.15) is 12.2 Å². The molecule has 2 heterocycles. The normalized spacial score (nSPS) is 19.7. The minimum atomic E-state index is 0.876. The Morgan fingerprint density at radius 3 is 2.55 bits per heavy atom. The van der Waals surface area contributed by atoms with E-state index in [2.05, 4.69) is 21.9 Å². The van der Waals surface area contributed by atoms with E-state index in [0.717, 1.165) is 18.8 Å². The summed E-state index contributed by atoms with van der Waals surface area (Å²) in [7, 11) is 2.06. The number of aromatic nitrogens is 2. The Morgan fingerprint density at radius 2 is 2.09 bits per heavy atom. The molecule has 1 aromatic rings. The van der Waals surface area contributed by atoms with Gasteiger partial charge in [-0.3, -0.25) is 4.90 Å². The minimum absolute atomic E-state index is 0.876. The van der Waals surface area contributed by atoms with Gasteiger partial charge in [0, 0.05) is 18.9 Å². The van der Waals surface area contributed by atoms with Gasteiger partial charge in [-0.15, -0.1) is 0 Å². The van der Waals surface area contributed by atoms with Crippen LogP contribution in [0.2, 0.25) is 0 Å². The fourth-order valence-corrected chi connectivity index (χ4v) is 1.18. The smallest absolute Gasteiger partial charge is 0.150 e. The van der Waals surface area contributed by atoms with Gasteiger partial charge < -0.3 is 0 Å². The van der Waals surface area contributed by atoms with Crippen LogP contribution in [0, 0.1) is 6.04 Å². The maximum atomic E-state index is 4.16. The van der Waals surface area contributed by atoms with Gasteiger partial charge in [0.1, 0.15) is 6.04 Å². The van der Waals surface area contributed by atoms with Gasteiger partial charge >= 0.3 is 0 Å². The van der Waals surface area contributed by atoms with Gasteiger partial charge in [0.25, 0.3) is 0 Å². The average molecular weight is 148 g/mol. The van der Waals surface area contributed by atoms with E-state index in [1.165, 1.54) is 6.04 Å². The van der Waals surface area contributed by atoms with E-state index in [4.69, 9.17) is 0 Å². The highest BCUT2D eigenvalue weighted by molar-refractivity contribution is 5.18. The number of nitrogens with zero attached hydrogens (tertiary/aromatic N) is 3. The second-order valence-corrected chi connectivity index (χ2v) is 2.69. The predicted molar refractivity (Wildman–Crippen MR) is 41.6 cm³/mol. The fraction of sp³-hybridized carbons (Fsp3) is 0.375. The molecule has 0 amide bonds. The zero-order chi connectivity index (χ0) is 7.68. The van der Waals surface area contributed by atoms with Crippen LogP contribution in [0.25, 0.3) is 0 Å². The van der Waals surface area contributed by atoms with E-state index in [1.807, 2.05) is 6.07 Å². The van der Waals surface area contributed by atoms with Crippen molar-refractivity contribution in [2.24, 2.45) is 0 Å². The Balaban J connectivity index is 2.17. The molecule has 3 nitrogen and oxygen atoms in total. The van der Waals surface area contributed by atoms with Gasteiger partial charge in [-0.1, -0.05) is 0 Å². The first-order valence-electron chi connectivity index (χ1n) is 3.72. The van der Waals surface area contributed by atoms with E-state index < -0.39 is 0 Å². The lowest BCUT2D eigenvalue weighted by molar-refractivity contribution is 0.244. The van der Waals surface area contributed by atoms with Crippen molar-refractivity contribution >= 4 is 0 Å². The van der Waals surface area contributed by atoms with Crippen molar-refractivity contribution in [3.63, 3.8) is 0 Å². The third kappa shape index (κ3) is 1.12. The zero-order valence-corrected chi connectivity index (χ0v) is 6.49. The Labute approximate surface area is 66.1 Å². The third-order valence-electron chi connectivity index (χ3n) is 1.97. The predicted octanol–water partition coefficient (Wildman–Crippen LogP) is 0.692. The summed E-state index contributed by atoms with van der Waals surface area (Å²) >= 11 is 0. The molecule has 1 saturated heterocycles. The Bertz CT molecular complexity index is 234. The van der Waals surface area contributed by atoms with Gasteiger partial charge in [0.2, 0.25) is 0 Å². The second kappa shape index (κ2) is 2.58. The molecule has 0 atom stereocenters. The lowest BCUT2D eigenvalue weighted by Gasteiger charge is -2.35. The molecule has 0 aromatic carbocycles. The lowest BCUT2D eigenvalue weighted by atomic mass is 10.0. The third-order valence-corrected chi connectivity index (χ3v) is 1.97. The minimum Gasteiger partial charge on any atom is -0.292 e. The topological polar surface area (TPSA) is 29.0 Å². The highest BCUT2D eigenvalue weighted by Crippen LogP contribution is 2.26. The van der Waals surface area contributed by atoms with Crippen LogP contribution in [0.3, 0.4) is 0 Å². The van der Waals surface area contributed by atoms with Crippen molar-refractivity contribution in [3.05, 3.63) is 30.3 Å². The van der Waals surface area contributed by atoms with Crippen LogP contribution in [0.4, 0.5) is 0 Å². The fourth-order valence-electron chi connectivity index (χ4n) is 1.18. The molecule has 1 fully saturated rings. The maximum absolute atomic E-state index is 4.16. The summed E-state index contributed by atoms with van der Waals surface area (Å²) in [6.45, 7) is 1.13. The molecule has 0 aliphatic carbocycles. The number of hydrogen-bond acceptors (Lipinski definition) is 3. The van der Waals surface area contributed by atoms with Crippen LogP contribution in [-0.2, 0) is 0 Å². The van der Waals surface area contributed by atoms with Gasteiger partial charge in [-0.05, 0) is 19.5 Å². The summed E-state index contributed by atoms with van der Waals surface area (Å²) in [5.41, 5.74) is 0. The van der Waals surface area contributed by atoms with Crippen molar-refractivity contribution in [2.45, 2.75) is 6.42 Å². The summed E-state index contributed by atoms with van der Waals surface area (Å²) in [4.78, 5) is 10.5. The first-order chi connectivity index (χ1) is 5.38. The summed E-state index contributed by atoms with van der Waals surface area (Å²) in [5, 5.41) is 0. The summed E-state index contributed by atoms with van der Waals surface area (Å²) in [6, 6.07) is 3.09. The molecular weight excluding hydrogens is 138 g/mol. The monoisotopic (exact) mass is 148 g/mol. The van der Waals surface area contributed by atoms with E-state index in [1.54, 1.807) is 12.4 Å². The average Bonchev–Trinajstić information content (AvgIpc) is 2.04. The molecule has 0 saturated carbocycles. The summed E-state index contributed by atoms with van der Waals surface area (Å²) in [5.74, 6) is 0.876. The van der Waals surface area contributed by atoms with E-state index in [9.17, 15) is 0 Å². The molecule has 0 unspecified atom stereocenters.